The molecule has 0 atom stereocenters. The molecule has 1 aromatic rings. The molecule has 1 aromatic heterocycles. The standard InChI is InChI=1S/C14H21ClN2O2/c1-11(2)17(8-10-19-9-7-15)14(18)13-6-4-5-12(3)16-13/h4-6,11H,7-10H2,1-3H3. The maximum atomic E-state index is 12.4. The van der Waals surface area contributed by atoms with Crippen LogP contribution in [0.1, 0.15) is 30.0 Å². The van der Waals surface area contributed by atoms with Crippen LogP contribution < -0.4 is 0 Å². The van der Waals surface area contributed by atoms with Crippen molar-refractivity contribution in [3.8, 4) is 0 Å². The normalized spacial score (nSPS) is 10.8. The van der Waals surface area contributed by atoms with Crippen LogP contribution in [0.3, 0.4) is 0 Å². The molecular weight excluding hydrogens is 264 g/mol. The van der Waals surface area contributed by atoms with Gasteiger partial charge in [0, 0.05) is 24.2 Å². The minimum atomic E-state index is -0.0619. The maximum Gasteiger partial charge on any atom is 0.272 e. The molecule has 0 unspecified atom stereocenters. The highest BCUT2D eigenvalue weighted by molar-refractivity contribution is 6.17. The zero-order valence-corrected chi connectivity index (χ0v) is 12.5. The molecule has 0 aliphatic heterocycles. The molecular formula is C14H21ClN2O2. The molecule has 0 saturated carbocycles. The van der Waals surface area contributed by atoms with E-state index in [1.807, 2.05) is 32.9 Å². The van der Waals surface area contributed by atoms with Crippen LogP contribution in [-0.2, 0) is 4.74 Å². The van der Waals surface area contributed by atoms with Gasteiger partial charge in [-0.15, -0.1) is 11.6 Å². The molecule has 0 aliphatic rings. The summed E-state index contributed by atoms with van der Waals surface area (Å²) in [6.07, 6.45) is 0. The van der Waals surface area contributed by atoms with E-state index in [4.69, 9.17) is 16.3 Å². The number of aryl methyl sites for hydroxylation is 1. The maximum absolute atomic E-state index is 12.4. The van der Waals surface area contributed by atoms with E-state index in [-0.39, 0.29) is 11.9 Å². The summed E-state index contributed by atoms with van der Waals surface area (Å²) in [5.41, 5.74) is 1.32. The lowest BCUT2D eigenvalue weighted by molar-refractivity contribution is 0.0590. The summed E-state index contributed by atoms with van der Waals surface area (Å²) in [7, 11) is 0. The first-order chi connectivity index (χ1) is 9.06. The first kappa shape index (κ1) is 15.9. The minimum absolute atomic E-state index is 0.0619. The first-order valence-corrected chi connectivity index (χ1v) is 6.98. The molecule has 0 spiro atoms. The molecule has 1 heterocycles. The van der Waals surface area contributed by atoms with Crippen LogP contribution in [0, 0.1) is 6.92 Å². The zero-order chi connectivity index (χ0) is 14.3. The first-order valence-electron chi connectivity index (χ1n) is 6.44. The summed E-state index contributed by atoms with van der Waals surface area (Å²) >= 11 is 5.54. The molecule has 0 bridgehead atoms. The smallest absolute Gasteiger partial charge is 0.272 e. The molecule has 1 rings (SSSR count). The Balaban J connectivity index is 2.67. The number of nitrogens with zero attached hydrogens (tertiary/aromatic N) is 2. The highest BCUT2D eigenvalue weighted by atomic mass is 35.5. The number of aromatic nitrogens is 1. The monoisotopic (exact) mass is 284 g/mol. The fourth-order valence-electron chi connectivity index (χ4n) is 1.72. The Bertz CT molecular complexity index is 410. The number of pyridine rings is 1. The molecule has 0 N–H and O–H groups in total. The lowest BCUT2D eigenvalue weighted by atomic mass is 10.2. The van der Waals surface area contributed by atoms with Crippen molar-refractivity contribution in [1.29, 1.82) is 0 Å². The molecule has 1 amide bonds. The molecule has 0 fully saturated rings. The molecule has 0 radical (unpaired) electrons. The van der Waals surface area contributed by atoms with Crippen molar-refractivity contribution in [1.82, 2.24) is 9.88 Å². The summed E-state index contributed by atoms with van der Waals surface area (Å²) in [5, 5.41) is 0. The van der Waals surface area contributed by atoms with Crippen LogP contribution in [0.15, 0.2) is 18.2 Å². The van der Waals surface area contributed by atoms with E-state index in [1.54, 1.807) is 11.0 Å². The predicted molar refractivity (Wildman–Crippen MR) is 76.7 cm³/mol. The average Bonchev–Trinajstić information content (AvgIpc) is 2.37. The number of carbonyl (C=O) groups is 1. The van der Waals surface area contributed by atoms with Gasteiger partial charge in [0.05, 0.1) is 13.2 Å². The molecule has 0 aliphatic carbocycles. The quantitative estimate of drug-likeness (QED) is 0.571. The molecule has 5 heteroatoms. The van der Waals surface area contributed by atoms with Gasteiger partial charge in [-0.25, -0.2) is 4.98 Å². The molecule has 0 saturated heterocycles. The third-order valence-corrected chi connectivity index (χ3v) is 2.84. The molecule has 4 nitrogen and oxygen atoms in total. The van der Waals surface area contributed by atoms with Crippen LogP contribution in [-0.4, -0.2) is 47.5 Å². The van der Waals surface area contributed by atoms with E-state index in [2.05, 4.69) is 4.98 Å². The number of amides is 1. The number of hydrogen-bond donors (Lipinski definition) is 0. The van der Waals surface area contributed by atoms with Gasteiger partial charge in [-0.1, -0.05) is 6.07 Å². The zero-order valence-electron chi connectivity index (χ0n) is 11.7. The summed E-state index contributed by atoms with van der Waals surface area (Å²) < 4.78 is 5.33. The fraction of sp³-hybridized carbons (Fsp3) is 0.571. The van der Waals surface area contributed by atoms with E-state index < -0.39 is 0 Å². The lowest BCUT2D eigenvalue weighted by Gasteiger charge is -2.26. The van der Waals surface area contributed by atoms with Gasteiger partial charge in [-0.05, 0) is 32.9 Å². The van der Waals surface area contributed by atoms with Gasteiger partial charge in [0.15, 0.2) is 0 Å². The second-order valence-corrected chi connectivity index (χ2v) is 4.94. The summed E-state index contributed by atoms with van der Waals surface area (Å²) in [4.78, 5) is 18.4. The fourth-order valence-corrected chi connectivity index (χ4v) is 1.83. The van der Waals surface area contributed by atoms with Crippen LogP contribution in [0.2, 0.25) is 0 Å². The van der Waals surface area contributed by atoms with Gasteiger partial charge in [0.1, 0.15) is 5.69 Å². The van der Waals surface area contributed by atoms with Crippen molar-refractivity contribution < 1.29 is 9.53 Å². The summed E-state index contributed by atoms with van der Waals surface area (Å²) in [5.74, 6) is 0.405. The van der Waals surface area contributed by atoms with E-state index in [0.717, 1.165) is 5.69 Å². The Hall–Kier alpha value is -1.13. The van der Waals surface area contributed by atoms with Crippen LogP contribution in [0.4, 0.5) is 0 Å². The number of alkyl halides is 1. The van der Waals surface area contributed by atoms with Crippen LogP contribution >= 0.6 is 11.6 Å². The van der Waals surface area contributed by atoms with Gasteiger partial charge in [0.2, 0.25) is 0 Å². The number of hydrogen-bond acceptors (Lipinski definition) is 3. The van der Waals surface area contributed by atoms with Crippen molar-refractivity contribution >= 4 is 17.5 Å². The molecule has 106 valence electrons. The lowest BCUT2D eigenvalue weighted by Crippen LogP contribution is -2.39. The molecule has 0 aromatic carbocycles. The SMILES string of the molecule is Cc1cccc(C(=O)N(CCOCCCl)C(C)C)n1. The predicted octanol–water partition coefficient (Wildman–Crippen LogP) is 2.50. The van der Waals surface area contributed by atoms with Crippen molar-refractivity contribution in [2.24, 2.45) is 0 Å². The van der Waals surface area contributed by atoms with Crippen molar-refractivity contribution in [2.45, 2.75) is 26.8 Å². The van der Waals surface area contributed by atoms with E-state index in [1.165, 1.54) is 0 Å². The Morgan fingerprint density at radius 2 is 2.16 bits per heavy atom. The van der Waals surface area contributed by atoms with E-state index >= 15 is 0 Å². The number of rotatable bonds is 7. The van der Waals surface area contributed by atoms with Crippen molar-refractivity contribution in [3.63, 3.8) is 0 Å². The summed E-state index contributed by atoms with van der Waals surface area (Å²) in [6.45, 7) is 7.38. The van der Waals surface area contributed by atoms with Crippen LogP contribution in [0.5, 0.6) is 0 Å². The van der Waals surface area contributed by atoms with Gasteiger partial charge in [0.25, 0.3) is 5.91 Å². The second kappa shape index (κ2) is 8.12. The topological polar surface area (TPSA) is 42.4 Å². The van der Waals surface area contributed by atoms with E-state index in [0.29, 0.717) is 31.3 Å². The third-order valence-electron chi connectivity index (χ3n) is 2.69. The number of halogens is 1. The van der Waals surface area contributed by atoms with E-state index in [9.17, 15) is 4.79 Å². The Labute approximate surface area is 119 Å². The second-order valence-electron chi connectivity index (χ2n) is 4.56. The Kier molecular flexibility index (Phi) is 6.81. The number of carbonyl (C=O) groups excluding carboxylic acids is 1. The summed E-state index contributed by atoms with van der Waals surface area (Å²) in [6, 6.07) is 5.57. The minimum Gasteiger partial charge on any atom is -0.378 e. The average molecular weight is 285 g/mol. The van der Waals surface area contributed by atoms with Crippen LogP contribution in [0.25, 0.3) is 0 Å². The van der Waals surface area contributed by atoms with Gasteiger partial charge >= 0.3 is 0 Å². The third kappa shape index (κ3) is 5.17. The largest absolute Gasteiger partial charge is 0.378 e. The number of ether oxygens (including phenoxy) is 1. The van der Waals surface area contributed by atoms with Gasteiger partial charge in [-0.2, -0.15) is 0 Å². The van der Waals surface area contributed by atoms with Crippen molar-refractivity contribution in [3.05, 3.63) is 29.6 Å². The van der Waals surface area contributed by atoms with Gasteiger partial charge in [-0.3, -0.25) is 4.79 Å². The highest BCUT2D eigenvalue weighted by Gasteiger charge is 2.19. The highest BCUT2D eigenvalue weighted by Crippen LogP contribution is 2.07. The Morgan fingerprint density at radius 1 is 1.42 bits per heavy atom. The van der Waals surface area contributed by atoms with Gasteiger partial charge < -0.3 is 9.64 Å². The molecule has 19 heavy (non-hydrogen) atoms. The Morgan fingerprint density at radius 3 is 2.74 bits per heavy atom. The van der Waals surface area contributed by atoms with Crippen molar-refractivity contribution in [2.75, 3.05) is 25.6 Å².